The van der Waals surface area contributed by atoms with Crippen LogP contribution >= 0.6 is 0 Å². The summed E-state index contributed by atoms with van der Waals surface area (Å²) in [4.78, 5) is 48.6. The van der Waals surface area contributed by atoms with Crippen LogP contribution in [-0.4, -0.2) is 69.1 Å². The van der Waals surface area contributed by atoms with Crippen LogP contribution in [0.1, 0.15) is 6.92 Å². The summed E-state index contributed by atoms with van der Waals surface area (Å²) in [6.07, 6.45) is 1.63. The van der Waals surface area contributed by atoms with Gasteiger partial charge >= 0.3 is 6.03 Å². The smallest absolute Gasteiger partial charge is 0.331 e. The number of methoxy groups -OCH3 is 2. The number of imide groups is 1. The monoisotopic (exact) mass is 601 g/mol. The van der Waals surface area contributed by atoms with Crippen LogP contribution in [0.2, 0.25) is 0 Å². The fourth-order valence-electron chi connectivity index (χ4n) is 4.99. The van der Waals surface area contributed by atoms with Gasteiger partial charge in [-0.15, -0.1) is 0 Å². The van der Waals surface area contributed by atoms with E-state index in [1.54, 1.807) is 68.6 Å². The number of fused-ring (bicyclic) bond motifs is 1. The van der Waals surface area contributed by atoms with E-state index >= 15 is 0 Å². The lowest BCUT2D eigenvalue weighted by Crippen LogP contribution is -2.59. The van der Waals surface area contributed by atoms with Crippen LogP contribution in [0.5, 0.6) is 23.0 Å². The van der Waals surface area contributed by atoms with Crippen molar-refractivity contribution in [2.45, 2.75) is 6.92 Å². The average Bonchev–Trinajstić information content (AvgIpc) is 3.02. The molecular formula is C32H32FN5O6. The first-order valence-electron chi connectivity index (χ1n) is 13.8. The van der Waals surface area contributed by atoms with Gasteiger partial charge in [-0.05, 0) is 55.5 Å². The number of hydrogen-bond donors (Lipinski definition) is 1. The number of amides is 4. The molecule has 44 heavy (non-hydrogen) atoms. The number of carbonyl (C=O) groups excluding carboxylic acids is 3. The molecule has 12 heteroatoms. The minimum absolute atomic E-state index is 0.0838. The molecule has 1 aliphatic rings. The van der Waals surface area contributed by atoms with Crippen LogP contribution in [0.15, 0.2) is 66.9 Å². The van der Waals surface area contributed by atoms with Gasteiger partial charge in [0.05, 0.1) is 36.8 Å². The number of nitrogens with one attached hydrogen (secondary N) is 1. The second-order valence-corrected chi connectivity index (χ2v) is 10.2. The fourth-order valence-corrected chi connectivity index (χ4v) is 4.99. The molecule has 3 aromatic carbocycles. The van der Waals surface area contributed by atoms with E-state index in [1.807, 2.05) is 14.1 Å². The number of benzene rings is 3. The molecule has 1 aliphatic heterocycles. The van der Waals surface area contributed by atoms with Gasteiger partial charge in [-0.2, -0.15) is 0 Å². The van der Waals surface area contributed by atoms with Gasteiger partial charge < -0.3 is 29.3 Å². The highest BCUT2D eigenvalue weighted by molar-refractivity contribution is 6.23. The first kappa shape index (κ1) is 30.1. The van der Waals surface area contributed by atoms with Crippen molar-refractivity contribution in [1.29, 1.82) is 0 Å². The highest BCUT2D eigenvalue weighted by Crippen LogP contribution is 2.38. The van der Waals surface area contributed by atoms with Crippen molar-refractivity contribution in [2.75, 3.05) is 56.5 Å². The predicted octanol–water partition coefficient (Wildman–Crippen LogP) is 5.29. The highest BCUT2D eigenvalue weighted by atomic mass is 19.1. The molecule has 2 heterocycles. The van der Waals surface area contributed by atoms with E-state index in [-0.39, 0.29) is 18.8 Å². The van der Waals surface area contributed by atoms with Gasteiger partial charge in [0, 0.05) is 50.9 Å². The third kappa shape index (κ3) is 5.78. The Bertz CT molecular complexity index is 1730. The van der Waals surface area contributed by atoms with Gasteiger partial charge in [0.15, 0.2) is 11.5 Å². The number of aromatic nitrogens is 1. The van der Waals surface area contributed by atoms with Crippen LogP contribution < -0.4 is 29.3 Å². The molecule has 0 spiro atoms. The van der Waals surface area contributed by atoms with Crippen molar-refractivity contribution in [3.05, 3.63) is 72.7 Å². The molecule has 0 bridgehead atoms. The van der Waals surface area contributed by atoms with Crippen molar-refractivity contribution in [3.63, 3.8) is 0 Å². The third-order valence-corrected chi connectivity index (χ3v) is 7.31. The van der Waals surface area contributed by atoms with Gasteiger partial charge in [-0.3, -0.25) is 14.6 Å². The Labute approximate surface area is 253 Å². The zero-order valence-electron chi connectivity index (χ0n) is 25.0. The number of hydrogen-bond acceptors (Lipinski definition) is 8. The minimum Gasteiger partial charge on any atom is -0.493 e. The van der Waals surface area contributed by atoms with E-state index in [4.69, 9.17) is 14.2 Å². The Balaban J connectivity index is 1.41. The van der Waals surface area contributed by atoms with Crippen LogP contribution in [0.3, 0.4) is 0 Å². The summed E-state index contributed by atoms with van der Waals surface area (Å²) in [5, 5.41) is 3.57. The number of rotatable bonds is 9. The molecule has 228 valence electrons. The zero-order valence-corrected chi connectivity index (χ0v) is 25.0. The average molecular weight is 602 g/mol. The highest BCUT2D eigenvalue weighted by Gasteiger charge is 2.43. The summed E-state index contributed by atoms with van der Waals surface area (Å²) in [7, 11) is 6.73. The molecule has 5 rings (SSSR count). The van der Waals surface area contributed by atoms with E-state index < -0.39 is 29.6 Å². The Kier molecular flexibility index (Phi) is 8.52. The predicted molar refractivity (Wildman–Crippen MR) is 164 cm³/mol. The molecule has 1 N–H and O–H groups in total. The Hall–Kier alpha value is -5.39. The first-order chi connectivity index (χ1) is 21.1. The van der Waals surface area contributed by atoms with Crippen molar-refractivity contribution in [2.24, 2.45) is 5.92 Å². The summed E-state index contributed by atoms with van der Waals surface area (Å²) < 4.78 is 30.6. The zero-order chi connectivity index (χ0) is 31.5. The van der Waals surface area contributed by atoms with E-state index in [2.05, 4.69) is 10.3 Å². The summed E-state index contributed by atoms with van der Waals surface area (Å²) in [6.45, 7) is 1.96. The van der Waals surface area contributed by atoms with Crippen LogP contribution in [0.4, 0.5) is 26.2 Å². The lowest BCUT2D eigenvalue weighted by atomic mass is 10.0. The molecule has 4 amide bonds. The summed E-state index contributed by atoms with van der Waals surface area (Å²) in [6, 6.07) is 14.9. The second-order valence-electron chi connectivity index (χ2n) is 10.2. The normalized spacial score (nSPS) is 14.9. The number of ether oxygens (including phenoxy) is 3. The maximum absolute atomic E-state index is 13.6. The second kappa shape index (κ2) is 12.5. The van der Waals surface area contributed by atoms with Gasteiger partial charge in [0.2, 0.25) is 11.8 Å². The molecule has 1 fully saturated rings. The van der Waals surface area contributed by atoms with Crippen molar-refractivity contribution in [3.8, 4) is 23.0 Å². The molecule has 1 saturated heterocycles. The van der Waals surface area contributed by atoms with E-state index in [0.29, 0.717) is 45.3 Å². The lowest BCUT2D eigenvalue weighted by molar-refractivity contribution is -0.132. The Morgan fingerprint density at radius 2 is 1.70 bits per heavy atom. The van der Waals surface area contributed by atoms with Crippen LogP contribution in [-0.2, 0) is 9.59 Å². The Morgan fingerprint density at radius 3 is 2.36 bits per heavy atom. The summed E-state index contributed by atoms with van der Waals surface area (Å²) in [5.74, 6) is -0.847. The number of halogens is 1. The standard InChI is InChI=1S/C32H32FN5O6/c1-6-37-18-23(31(40)38(32(37)41)20-9-7-19(33)8-10-20)30(39)35-24-12-11-21(15-26(24)36(2)3)44-27-13-14-34-25-17-29(43-5)28(42-4)16-22(25)27/h7-17,23H,6,18H2,1-5H3,(H,35,39). The van der Waals surface area contributed by atoms with Gasteiger partial charge in [-0.25, -0.2) is 14.1 Å². The van der Waals surface area contributed by atoms with Gasteiger partial charge in [0.1, 0.15) is 23.2 Å². The van der Waals surface area contributed by atoms with Gasteiger partial charge in [-0.1, -0.05) is 0 Å². The van der Waals surface area contributed by atoms with E-state index in [0.717, 1.165) is 17.0 Å². The summed E-state index contributed by atoms with van der Waals surface area (Å²) >= 11 is 0. The fraction of sp³-hybridized carbons (Fsp3) is 0.250. The molecular weight excluding hydrogens is 569 g/mol. The topological polar surface area (TPSA) is 114 Å². The number of nitrogens with zero attached hydrogens (tertiary/aromatic N) is 4. The Morgan fingerprint density at radius 1 is 1.00 bits per heavy atom. The SMILES string of the molecule is CCN1CC(C(=O)Nc2ccc(Oc3ccnc4cc(OC)c(OC)cc34)cc2N(C)C)C(=O)N(c2ccc(F)cc2)C1=O. The molecule has 4 aromatic rings. The van der Waals surface area contributed by atoms with E-state index in [1.165, 1.54) is 17.0 Å². The molecule has 11 nitrogen and oxygen atoms in total. The maximum atomic E-state index is 13.6. The third-order valence-electron chi connectivity index (χ3n) is 7.31. The van der Waals surface area contributed by atoms with Crippen LogP contribution in [0.25, 0.3) is 10.9 Å². The molecule has 0 aliphatic carbocycles. The van der Waals surface area contributed by atoms with E-state index in [9.17, 15) is 18.8 Å². The van der Waals surface area contributed by atoms with Gasteiger partial charge in [0.25, 0.3) is 0 Å². The van der Waals surface area contributed by atoms with Crippen LogP contribution in [0, 0.1) is 11.7 Å². The molecule has 1 unspecified atom stereocenters. The number of urea groups is 1. The largest absolute Gasteiger partial charge is 0.493 e. The lowest BCUT2D eigenvalue weighted by Gasteiger charge is -2.37. The van der Waals surface area contributed by atoms with Crippen molar-refractivity contribution in [1.82, 2.24) is 9.88 Å². The maximum Gasteiger partial charge on any atom is 0.331 e. The number of carbonyl (C=O) groups is 3. The number of pyridine rings is 1. The van der Waals surface area contributed by atoms with Crippen molar-refractivity contribution >= 4 is 45.8 Å². The number of anilines is 3. The molecule has 0 radical (unpaired) electrons. The quantitative estimate of drug-likeness (QED) is 0.258. The van der Waals surface area contributed by atoms with Crippen molar-refractivity contribution < 1.29 is 33.0 Å². The molecule has 1 aromatic heterocycles. The minimum atomic E-state index is -1.18. The summed E-state index contributed by atoms with van der Waals surface area (Å²) in [5.41, 5.74) is 1.91. The molecule has 1 atom stereocenters. The first-order valence-corrected chi connectivity index (χ1v) is 13.8. The molecule has 0 saturated carbocycles.